The summed E-state index contributed by atoms with van der Waals surface area (Å²) in [4.78, 5) is 0. The van der Waals surface area contributed by atoms with Crippen LogP contribution in [-0.4, -0.2) is 12.7 Å². The molecule has 1 heterocycles. The molecule has 1 aromatic rings. The Morgan fingerprint density at radius 1 is 1.38 bits per heavy atom. The van der Waals surface area contributed by atoms with E-state index < -0.39 is 6.17 Å². The minimum Gasteiger partial charge on any atom is -0.307 e. The van der Waals surface area contributed by atoms with Gasteiger partial charge in [0.2, 0.25) is 0 Å². The third-order valence-corrected chi connectivity index (χ3v) is 3.11. The molecule has 2 atom stereocenters. The molecule has 1 saturated heterocycles. The largest absolute Gasteiger partial charge is 0.307 e. The molecule has 2 unspecified atom stereocenters. The lowest BCUT2D eigenvalue weighted by atomic mass is 10.0. The number of nitrogens with one attached hydrogen (secondary N) is 1. The van der Waals surface area contributed by atoms with Gasteiger partial charge < -0.3 is 5.32 Å². The first-order chi connectivity index (χ1) is 6.29. The van der Waals surface area contributed by atoms with Gasteiger partial charge in [-0.1, -0.05) is 34.1 Å². The normalized spacial score (nSPS) is 27.8. The highest BCUT2D eigenvalue weighted by molar-refractivity contribution is 9.10. The molecule has 0 bridgehead atoms. The summed E-state index contributed by atoms with van der Waals surface area (Å²) < 4.78 is 14.4. The Balaban J connectivity index is 2.29. The fourth-order valence-corrected chi connectivity index (χ4v) is 2.23. The minimum atomic E-state index is -0.751. The van der Waals surface area contributed by atoms with E-state index in [0.29, 0.717) is 6.42 Å². The van der Waals surface area contributed by atoms with Crippen molar-refractivity contribution in [3.05, 3.63) is 34.3 Å². The zero-order chi connectivity index (χ0) is 9.26. The Hall–Kier alpha value is -0.410. The van der Waals surface area contributed by atoms with Crippen LogP contribution in [-0.2, 0) is 0 Å². The van der Waals surface area contributed by atoms with Gasteiger partial charge in [-0.05, 0) is 24.6 Å². The van der Waals surface area contributed by atoms with E-state index in [4.69, 9.17) is 0 Å². The first kappa shape index (κ1) is 9.16. The van der Waals surface area contributed by atoms with Gasteiger partial charge in [-0.2, -0.15) is 0 Å². The van der Waals surface area contributed by atoms with E-state index >= 15 is 0 Å². The third kappa shape index (κ3) is 1.76. The van der Waals surface area contributed by atoms with Crippen LogP contribution in [0.25, 0.3) is 0 Å². The van der Waals surface area contributed by atoms with Gasteiger partial charge in [0.05, 0.1) is 6.04 Å². The number of benzene rings is 1. The summed E-state index contributed by atoms with van der Waals surface area (Å²) in [6.07, 6.45) is -0.134. The summed E-state index contributed by atoms with van der Waals surface area (Å²) in [7, 11) is 0. The van der Waals surface area contributed by atoms with E-state index in [-0.39, 0.29) is 6.04 Å². The lowest BCUT2D eigenvalue weighted by molar-refractivity contribution is 0.304. The second kappa shape index (κ2) is 3.76. The molecule has 0 spiro atoms. The number of hydrogen-bond donors (Lipinski definition) is 1. The summed E-state index contributed by atoms with van der Waals surface area (Å²) >= 11 is 3.43. The van der Waals surface area contributed by atoms with Crippen LogP contribution >= 0.6 is 15.9 Å². The van der Waals surface area contributed by atoms with E-state index in [0.717, 1.165) is 16.6 Å². The Kier molecular flexibility index (Phi) is 2.65. The first-order valence-electron chi connectivity index (χ1n) is 4.41. The summed E-state index contributed by atoms with van der Waals surface area (Å²) in [5, 5.41) is 3.16. The van der Waals surface area contributed by atoms with Gasteiger partial charge in [-0.25, -0.2) is 4.39 Å². The highest BCUT2D eigenvalue weighted by Crippen LogP contribution is 2.31. The molecule has 13 heavy (non-hydrogen) atoms. The van der Waals surface area contributed by atoms with Crippen LogP contribution in [0.1, 0.15) is 18.0 Å². The topological polar surface area (TPSA) is 12.0 Å². The fourth-order valence-electron chi connectivity index (χ4n) is 1.70. The van der Waals surface area contributed by atoms with Crippen LogP contribution in [0.15, 0.2) is 28.7 Å². The molecule has 1 nitrogen and oxygen atoms in total. The molecule has 0 radical (unpaired) electrons. The molecule has 1 aromatic carbocycles. The Morgan fingerprint density at radius 3 is 2.77 bits per heavy atom. The van der Waals surface area contributed by atoms with Gasteiger partial charge in [-0.3, -0.25) is 0 Å². The quantitative estimate of drug-likeness (QED) is 0.800. The molecule has 70 valence electrons. The fraction of sp³-hybridized carbons (Fsp3) is 0.400. The van der Waals surface area contributed by atoms with Crippen LogP contribution in [0.4, 0.5) is 4.39 Å². The minimum absolute atomic E-state index is 0.129. The van der Waals surface area contributed by atoms with Gasteiger partial charge in [0.15, 0.2) is 0 Å². The van der Waals surface area contributed by atoms with Gasteiger partial charge in [0.25, 0.3) is 0 Å². The zero-order valence-corrected chi connectivity index (χ0v) is 8.72. The lowest BCUT2D eigenvalue weighted by Crippen LogP contribution is -2.18. The monoisotopic (exact) mass is 243 g/mol. The smallest absolute Gasteiger partial charge is 0.121 e. The number of halogens is 2. The van der Waals surface area contributed by atoms with Crippen LogP contribution in [0.2, 0.25) is 0 Å². The number of rotatable bonds is 1. The summed E-state index contributed by atoms with van der Waals surface area (Å²) in [6, 6.07) is 7.65. The van der Waals surface area contributed by atoms with E-state index in [1.54, 1.807) is 0 Å². The van der Waals surface area contributed by atoms with Crippen molar-refractivity contribution >= 4 is 15.9 Å². The van der Waals surface area contributed by atoms with E-state index in [2.05, 4.69) is 21.2 Å². The second-order valence-corrected chi connectivity index (χ2v) is 4.11. The molecule has 0 aliphatic carbocycles. The molecule has 1 aliphatic rings. The molecule has 1 N–H and O–H groups in total. The predicted octanol–water partition coefficient (Wildman–Crippen LogP) is 2.82. The van der Waals surface area contributed by atoms with Crippen molar-refractivity contribution in [2.45, 2.75) is 18.6 Å². The molecule has 0 aromatic heterocycles. The Labute approximate surface area is 85.5 Å². The van der Waals surface area contributed by atoms with Crippen molar-refractivity contribution in [3.63, 3.8) is 0 Å². The SMILES string of the molecule is FC1CCNC1c1ccccc1Br. The van der Waals surface area contributed by atoms with Crippen molar-refractivity contribution in [1.29, 1.82) is 0 Å². The van der Waals surface area contributed by atoms with Crippen molar-refractivity contribution in [2.24, 2.45) is 0 Å². The Morgan fingerprint density at radius 2 is 2.15 bits per heavy atom. The maximum absolute atomic E-state index is 13.4. The van der Waals surface area contributed by atoms with E-state index in [1.165, 1.54) is 0 Å². The number of alkyl halides is 1. The average molecular weight is 244 g/mol. The zero-order valence-electron chi connectivity index (χ0n) is 7.13. The van der Waals surface area contributed by atoms with Crippen LogP contribution < -0.4 is 5.32 Å². The second-order valence-electron chi connectivity index (χ2n) is 3.26. The van der Waals surface area contributed by atoms with Gasteiger partial charge >= 0.3 is 0 Å². The highest BCUT2D eigenvalue weighted by atomic mass is 79.9. The molecule has 1 fully saturated rings. The van der Waals surface area contributed by atoms with Gasteiger partial charge in [-0.15, -0.1) is 0 Å². The summed E-state index contributed by atoms with van der Waals surface area (Å²) in [6.45, 7) is 0.771. The van der Waals surface area contributed by atoms with Gasteiger partial charge in [0, 0.05) is 4.47 Å². The van der Waals surface area contributed by atoms with Crippen LogP contribution in [0.3, 0.4) is 0 Å². The van der Waals surface area contributed by atoms with E-state index in [1.807, 2.05) is 24.3 Å². The van der Waals surface area contributed by atoms with Crippen molar-refractivity contribution < 1.29 is 4.39 Å². The maximum atomic E-state index is 13.4. The molecular formula is C10H11BrFN. The predicted molar refractivity (Wildman–Crippen MR) is 54.4 cm³/mol. The van der Waals surface area contributed by atoms with Crippen molar-refractivity contribution in [2.75, 3.05) is 6.54 Å². The standard InChI is InChI=1S/C10H11BrFN/c11-8-4-2-1-3-7(8)10-9(12)5-6-13-10/h1-4,9-10,13H,5-6H2. The summed E-state index contributed by atoms with van der Waals surface area (Å²) in [5.41, 5.74) is 1.02. The van der Waals surface area contributed by atoms with E-state index in [9.17, 15) is 4.39 Å². The molecule has 2 rings (SSSR count). The van der Waals surface area contributed by atoms with Crippen LogP contribution in [0.5, 0.6) is 0 Å². The number of hydrogen-bond acceptors (Lipinski definition) is 1. The van der Waals surface area contributed by atoms with Crippen LogP contribution in [0, 0.1) is 0 Å². The van der Waals surface area contributed by atoms with Gasteiger partial charge in [0.1, 0.15) is 6.17 Å². The molecular weight excluding hydrogens is 233 g/mol. The Bertz CT molecular complexity index is 303. The van der Waals surface area contributed by atoms with Crippen molar-refractivity contribution in [1.82, 2.24) is 5.32 Å². The molecule has 1 aliphatic heterocycles. The molecule has 0 amide bonds. The lowest BCUT2D eigenvalue weighted by Gasteiger charge is -2.14. The molecule has 3 heteroatoms. The highest BCUT2D eigenvalue weighted by Gasteiger charge is 2.28. The molecule has 0 saturated carbocycles. The summed E-state index contributed by atoms with van der Waals surface area (Å²) in [5.74, 6) is 0. The maximum Gasteiger partial charge on any atom is 0.121 e. The third-order valence-electron chi connectivity index (χ3n) is 2.39. The van der Waals surface area contributed by atoms with Crippen molar-refractivity contribution in [3.8, 4) is 0 Å². The average Bonchev–Trinajstić information content (AvgIpc) is 2.52. The first-order valence-corrected chi connectivity index (χ1v) is 5.20.